The van der Waals surface area contributed by atoms with E-state index in [4.69, 9.17) is 23.7 Å². The fraction of sp³-hybridized carbons (Fsp3) is 0.659. The molecule has 2 saturated heterocycles. The Balaban J connectivity index is 1.51. The molecule has 3 aliphatic heterocycles. The van der Waals surface area contributed by atoms with Gasteiger partial charge in [0.15, 0.2) is 0 Å². The number of methoxy groups -OCH3 is 1. The molecule has 0 aliphatic carbocycles. The van der Waals surface area contributed by atoms with Crippen LogP contribution in [0.5, 0.6) is 0 Å². The van der Waals surface area contributed by atoms with Gasteiger partial charge in [-0.3, -0.25) is 14.6 Å². The number of allylic oxidation sites excluding steroid dienone is 2. The van der Waals surface area contributed by atoms with Crippen LogP contribution in [0.15, 0.2) is 60.5 Å². The lowest BCUT2D eigenvalue weighted by Gasteiger charge is -2.36. The average molecular weight is 756 g/mol. The summed E-state index contributed by atoms with van der Waals surface area (Å²) in [5.74, 6) is -1.61. The number of pyridine rings is 1. The van der Waals surface area contributed by atoms with Gasteiger partial charge in [0.1, 0.15) is 30.0 Å². The molecule has 3 aliphatic rings. The third-order valence-corrected chi connectivity index (χ3v) is 10.9. The lowest BCUT2D eigenvalue weighted by atomic mass is 9.88. The van der Waals surface area contributed by atoms with Crippen LogP contribution in [0.25, 0.3) is 0 Å². The topological polar surface area (TPSA) is 160 Å². The number of hydrogen-bond acceptors (Lipinski definition) is 12. The van der Waals surface area contributed by atoms with Gasteiger partial charge in [-0.1, -0.05) is 52.0 Å². The van der Waals surface area contributed by atoms with E-state index in [9.17, 15) is 24.6 Å². The molecule has 54 heavy (non-hydrogen) atoms. The van der Waals surface area contributed by atoms with Crippen LogP contribution in [0.1, 0.15) is 74.1 Å². The van der Waals surface area contributed by atoms with Crippen molar-refractivity contribution >= 4 is 23.7 Å². The predicted octanol–water partition coefficient (Wildman–Crippen LogP) is 5.01. The average Bonchev–Trinajstić information content (AvgIpc) is 3.94. The van der Waals surface area contributed by atoms with Gasteiger partial charge in [-0.05, 0) is 56.9 Å². The number of aliphatic hydroxyl groups excluding tert-OH is 1. The number of cyclic esters (lactones) is 1. The van der Waals surface area contributed by atoms with E-state index in [1.165, 1.54) is 6.92 Å². The molecule has 13 heteroatoms. The van der Waals surface area contributed by atoms with E-state index in [2.05, 4.69) is 23.7 Å². The molecule has 13 nitrogen and oxygen atoms in total. The predicted molar refractivity (Wildman–Crippen MR) is 203 cm³/mol. The first-order valence-corrected chi connectivity index (χ1v) is 19.2. The Labute approximate surface area is 320 Å². The quantitative estimate of drug-likeness (QED) is 0.0967. The van der Waals surface area contributed by atoms with Crippen molar-refractivity contribution in [2.45, 2.75) is 122 Å². The third-order valence-electron chi connectivity index (χ3n) is 10.9. The summed E-state index contributed by atoms with van der Waals surface area (Å²) in [5.41, 5.74) is 0.341. The number of hydrogen-bond donors (Lipinski definition) is 2. The lowest BCUT2D eigenvalue weighted by molar-refractivity contribution is -0.157. The Bertz CT molecular complexity index is 1470. The second-order valence-corrected chi connectivity index (χ2v) is 15.2. The number of aromatic nitrogens is 1. The molecule has 4 heterocycles. The van der Waals surface area contributed by atoms with E-state index in [1.807, 2.05) is 51.1 Å². The van der Waals surface area contributed by atoms with Crippen LogP contribution < -0.4 is 4.90 Å². The summed E-state index contributed by atoms with van der Waals surface area (Å²) < 4.78 is 29.5. The summed E-state index contributed by atoms with van der Waals surface area (Å²) >= 11 is 0. The summed E-state index contributed by atoms with van der Waals surface area (Å²) in [4.78, 5) is 46.5. The first-order chi connectivity index (χ1) is 25.6. The van der Waals surface area contributed by atoms with Crippen LogP contribution in [-0.2, 0) is 33.3 Å². The fourth-order valence-corrected chi connectivity index (χ4v) is 7.37. The van der Waals surface area contributed by atoms with Crippen molar-refractivity contribution in [1.82, 2.24) is 9.88 Å². The number of ether oxygens (including phenoxy) is 5. The van der Waals surface area contributed by atoms with Crippen LogP contribution in [0.3, 0.4) is 0 Å². The summed E-state index contributed by atoms with van der Waals surface area (Å²) in [6.45, 7) is 15.1. The third kappa shape index (κ3) is 11.9. The molecule has 11 atom stereocenters. The summed E-state index contributed by atoms with van der Waals surface area (Å²) in [5, 5.41) is 21.7. The van der Waals surface area contributed by atoms with E-state index in [-0.39, 0.29) is 61.4 Å². The number of aliphatic hydroxyl groups is 2. The molecule has 300 valence electrons. The van der Waals surface area contributed by atoms with Crippen molar-refractivity contribution < 1.29 is 48.3 Å². The second kappa shape index (κ2) is 19.7. The first-order valence-electron chi connectivity index (χ1n) is 19.2. The number of piperazine rings is 1. The van der Waals surface area contributed by atoms with Crippen molar-refractivity contribution in [1.29, 1.82) is 0 Å². The molecule has 1 aromatic heterocycles. The highest BCUT2D eigenvalue weighted by Crippen LogP contribution is 2.39. The van der Waals surface area contributed by atoms with Crippen molar-refractivity contribution in [2.75, 3.05) is 38.2 Å². The van der Waals surface area contributed by atoms with Gasteiger partial charge in [-0.25, -0.2) is 4.79 Å². The first kappa shape index (κ1) is 43.0. The largest absolute Gasteiger partial charge is 0.457 e. The fourth-order valence-electron chi connectivity index (χ4n) is 7.37. The molecule has 2 N–H and O–H groups in total. The Kier molecular flexibility index (Phi) is 15.7. The Hall–Kier alpha value is -3.78. The highest BCUT2D eigenvalue weighted by Gasteiger charge is 2.53. The molecule has 0 saturated carbocycles. The number of carbonyl (C=O) groups is 3. The molecule has 1 aromatic rings. The van der Waals surface area contributed by atoms with Crippen molar-refractivity contribution in [3.63, 3.8) is 0 Å². The lowest BCUT2D eigenvalue weighted by Crippen LogP contribution is -2.50. The van der Waals surface area contributed by atoms with Crippen LogP contribution >= 0.6 is 0 Å². The maximum absolute atomic E-state index is 13.6. The molecule has 11 unspecified atom stereocenters. The minimum Gasteiger partial charge on any atom is -0.457 e. The highest BCUT2D eigenvalue weighted by atomic mass is 16.6. The van der Waals surface area contributed by atoms with Crippen LogP contribution in [0.4, 0.5) is 10.5 Å². The van der Waals surface area contributed by atoms with Gasteiger partial charge in [0.25, 0.3) is 0 Å². The molecular formula is C41H61N3O10. The van der Waals surface area contributed by atoms with E-state index in [1.54, 1.807) is 43.5 Å². The SMILES string of the molecule is CCC(OC)C(C)C1OC1C(OC(=O)N1CCN(c2ccncc2)CC1)C(C)/C=C/C=C(\C)C1OC(=O)CC(O)CCC(C)(O)C(OC(C)=O)/C=C/C1C. The summed E-state index contributed by atoms with van der Waals surface area (Å²) in [6, 6.07) is 3.92. The molecule has 0 bridgehead atoms. The summed E-state index contributed by atoms with van der Waals surface area (Å²) in [6.07, 6.45) is 9.33. The minimum atomic E-state index is -1.46. The normalized spacial score (nSPS) is 31.3. The molecule has 0 radical (unpaired) electrons. The van der Waals surface area contributed by atoms with Gasteiger partial charge in [-0.15, -0.1) is 0 Å². The zero-order valence-corrected chi connectivity index (χ0v) is 33.1. The standard InChI is InChI=1S/C41H61N3O10/c1-9-33(50-8)29(5)38-39(53-38)37(54-40(48)44-23-21-43(22-24-44)31-16-19-42-20-17-31)27(3)12-10-11-26(2)36-28(4)13-14-34(51-30(6)45)41(7,49)18-15-32(46)25-35(47)52-36/h10-14,16-17,19-20,27-29,32-34,36-39,46,49H,9,15,18,21-25H2,1-8H3/b12-10+,14-13+,26-11+. The van der Waals surface area contributed by atoms with Gasteiger partial charge in [-0.2, -0.15) is 0 Å². The molecule has 4 rings (SSSR count). The van der Waals surface area contributed by atoms with E-state index in [0.717, 1.165) is 17.7 Å². The number of rotatable bonds is 12. The van der Waals surface area contributed by atoms with Crippen molar-refractivity contribution in [3.05, 3.63) is 60.5 Å². The van der Waals surface area contributed by atoms with Gasteiger partial charge in [0.2, 0.25) is 0 Å². The van der Waals surface area contributed by atoms with Gasteiger partial charge >= 0.3 is 18.0 Å². The van der Waals surface area contributed by atoms with Crippen LogP contribution in [0.2, 0.25) is 0 Å². The Morgan fingerprint density at radius 1 is 1.11 bits per heavy atom. The number of epoxide rings is 1. The molecule has 0 aromatic carbocycles. The van der Waals surface area contributed by atoms with Crippen LogP contribution in [-0.4, -0.2) is 120 Å². The monoisotopic (exact) mass is 755 g/mol. The number of carbonyl (C=O) groups excluding carboxylic acids is 3. The van der Waals surface area contributed by atoms with Crippen molar-refractivity contribution in [3.8, 4) is 0 Å². The molecule has 1 amide bonds. The number of nitrogens with zero attached hydrogens (tertiary/aromatic N) is 3. The van der Waals surface area contributed by atoms with Gasteiger partial charge in [0, 0.05) is 76.0 Å². The van der Waals surface area contributed by atoms with E-state index >= 15 is 0 Å². The Morgan fingerprint density at radius 3 is 2.43 bits per heavy atom. The maximum Gasteiger partial charge on any atom is 0.410 e. The number of anilines is 1. The van der Waals surface area contributed by atoms with E-state index < -0.39 is 42.0 Å². The molecule has 0 spiro atoms. The Morgan fingerprint density at radius 2 is 1.80 bits per heavy atom. The number of esters is 2. The smallest absolute Gasteiger partial charge is 0.410 e. The highest BCUT2D eigenvalue weighted by molar-refractivity contribution is 5.70. The number of amides is 1. The summed E-state index contributed by atoms with van der Waals surface area (Å²) in [7, 11) is 1.70. The van der Waals surface area contributed by atoms with Crippen LogP contribution in [0, 0.1) is 17.8 Å². The molecular weight excluding hydrogens is 694 g/mol. The van der Waals surface area contributed by atoms with Gasteiger partial charge in [0.05, 0.1) is 24.7 Å². The minimum absolute atomic E-state index is 0.00952. The van der Waals surface area contributed by atoms with E-state index in [0.29, 0.717) is 26.2 Å². The maximum atomic E-state index is 13.6. The zero-order chi connectivity index (χ0) is 39.6. The van der Waals surface area contributed by atoms with Gasteiger partial charge < -0.3 is 43.7 Å². The zero-order valence-electron chi connectivity index (χ0n) is 33.1. The second-order valence-electron chi connectivity index (χ2n) is 15.2. The van der Waals surface area contributed by atoms with Crippen molar-refractivity contribution in [2.24, 2.45) is 17.8 Å². The molecule has 2 fully saturated rings.